The van der Waals surface area contributed by atoms with Crippen LogP contribution in [0.2, 0.25) is 0 Å². The van der Waals surface area contributed by atoms with Gasteiger partial charge in [0.2, 0.25) is 6.29 Å². The molecule has 0 aliphatic carbocycles. The van der Waals surface area contributed by atoms with Crippen molar-refractivity contribution in [3.05, 3.63) is 40.2 Å². The van der Waals surface area contributed by atoms with Crippen molar-refractivity contribution in [2.75, 3.05) is 19.8 Å². The van der Waals surface area contributed by atoms with Crippen LogP contribution >= 0.6 is 0 Å². The Balaban J connectivity index is 1.26. The molecule has 5 rings (SSSR count). The highest BCUT2D eigenvalue weighted by molar-refractivity contribution is 5.81. The minimum Gasteiger partial charge on any atom is -0.462 e. The number of hydrogen-bond acceptors (Lipinski definition) is 18. The standard InChI is InChI=1S/C28H38O18/c1-9-4-16(32)41-12-5-10(2-3-11(9)12)40-26-22(38)19(35)24(14(7-30)43-26)46-28-23(39)20(36)25(15(8-31)44-28)45-27-21(37)18(34)17(33)13(6-29)42-27/h2-5,13-15,17-31,33-39H,6-8H2,1H3/t13-,14-,15-,17-,18+,19-,20-,21-,22-,23-,24-,25-,26-,27+,28+/m1/s1. The van der Waals surface area contributed by atoms with Crippen molar-refractivity contribution in [2.45, 2.75) is 99.0 Å². The van der Waals surface area contributed by atoms with Gasteiger partial charge < -0.3 is 83.9 Å². The van der Waals surface area contributed by atoms with Crippen LogP contribution in [0.3, 0.4) is 0 Å². The summed E-state index contributed by atoms with van der Waals surface area (Å²) in [5.74, 6) is 0.0962. The van der Waals surface area contributed by atoms with Crippen LogP contribution in [0.4, 0.5) is 0 Å². The van der Waals surface area contributed by atoms with Crippen LogP contribution in [0.15, 0.2) is 33.5 Å². The van der Waals surface area contributed by atoms with Gasteiger partial charge in [0.1, 0.15) is 84.6 Å². The van der Waals surface area contributed by atoms with E-state index >= 15 is 0 Å². The van der Waals surface area contributed by atoms with Gasteiger partial charge >= 0.3 is 5.63 Å². The first kappa shape index (κ1) is 35.0. The van der Waals surface area contributed by atoms with Crippen LogP contribution in [-0.2, 0) is 23.7 Å². The molecule has 18 nitrogen and oxygen atoms in total. The van der Waals surface area contributed by atoms with Crippen LogP contribution in [-0.4, -0.2) is 163 Å². The zero-order valence-electron chi connectivity index (χ0n) is 24.3. The topological polar surface area (TPSA) is 288 Å². The van der Waals surface area contributed by atoms with Crippen LogP contribution in [0.25, 0.3) is 11.0 Å². The molecule has 18 heteroatoms. The third-order valence-corrected chi connectivity index (χ3v) is 8.25. The van der Waals surface area contributed by atoms with Gasteiger partial charge in [0.05, 0.1) is 19.8 Å². The molecule has 10 N–H and O–H groups in total. The lowest BCUT2D eigenvalue weighted by molar-refractivity contribution is -0.376. The molecule has 0 bridgehead atoms. The van der Waals surface area contributed by atoms with Gasteiger partial charge in [-0.2, -0.15) is 0 Å². The zero-order valence-corrected chi connectivity index (χ0v) is 24.3. The second kappa shape index (κ2) is 14.4. The summed E-state index contributed by atoms with van der Waals surface area (Å²) < 4.78 is 38.5. The second-order valence-electron chi connectivity index (χ2n) is 11.3. The summed E-state index contributed by atoms with van der Waals surface area (Å²) in [6.07, 6.45) is -25.3. The van der Waals surface area contributed by atoms with Crippen molar-refractivity contribution in [2.24, 2.45) is 0 Å². The molecule has 0 amide bonds. The van der Waals surface area contributed by atoms with E-state index in [-0.39, 0.29) is 11.3 Å². The van der Waals surface area contributed by atoms with E-state index in [1.165, 1.54) is 18.2 Å². The minimum absolute atomic E-state index is 0.0962. The van der Waals surface area contributed by atoms with Crippen LogP contribution < -0.4 is 10.4 Å². The maximum atomic E-state index is 11.8. The number of aliphatic hydroxyl groups excluding tert-OH is 10. The molecule has 3 aliphatic heterocycles. The van der Waals surface area contributed by atoms with E-state index in [9.17, 15) is 55.9 Å². The fourth-order valence-electron chi connectivity index (χ4n) is 5.65. The quantitative estimate of drug-likeness (QED) is 0.112. The minimum atomic E-state index is -1.95. The fourth-order valence-corrected chi connectivity index (χ4v) is 5.65. The Morgan fingerprint density at radius 2 is 1.13 bits per heavy atom. The van der Waals surface area contributed by atoms with E-state index in [2.05, 4.69) is 0 Å². The summed E-state index contributed by atoms with van der Waals surface area (Å²) in [5, 5.41) is 104. The van der Waals surface area contributed by atoms with Crippen LogP contribution in [0.1, 0.15) is 5.56 Å². The van der Waals surface area contributed by atoms with Gasteiger partial charge in [-0.3, -0.25) is 0 Å². The monoisotopic (exact) mass is 662 g/mol. The molecule has 0 unspecified atom stereocenters. The van der Waals surface area contributed by atoms with Crippen LogP contribution in [0.5, 0.6) is 5.75 Å². The van der Waals surface area contributed by atoms with Gasteiger partial charge in [-0.25, -0.2) is 4.79 Å². The van der Waals surface area contributed by atoms with Gasteiger partial charge in [-0.05, 0) is 24.6 Å². The molecular formula is C28H38O18. The van der Waals surface area contributed by atoms with E-state index in [0.29, 0.717) is 10.9 Å². The Labute approximate surface area is 260 Å². The van der Waals surface area contributed by atoms with E-state index < -0.39 is 118 Å². The number of ether oxygens (including phenoxy) is 6. The van der Waals surface area contributed by atoms with E-state index in [0.717, 1.165) is 0 Å². The Morgan fingerprint density at radius 3 is 1.70 bits per heavy atom. The molecule has 0 saturated carbocycles. The van der Waals surface area contributed by atoms with Gasteiger partial charge in [0.15, 0.2) is 12.6 Å². The van der Waals surface area contributed by atoms with Gasteiger partial charge in [0.25, 0.3) is 0 Å². The Morgan fingerprint density at radius 1 is 0.630 bits per heavy atom. The summed E-state index contributed by atoms with van der Waals surface area (Å²) in [7, 11) is 0. The average Bonchev–Trinajstić information content (AvgIpc) is 3.03. The SMILES string of the molecule is Cc1cc(=O)oc2cc(O[C@@H]3O[C@H](CO)[C@@H](O[C@@H]4O[C@H](CO)[C@@H](O[C@@H]5O[C@H](CO)[C@@H](O)[C@H](O)[C@H]5O)[C@H](O)[C@H]4O)[C@H](O)[C@H]3O)ccc12. The van der Waals surface area contributed by atoms with Gasteiger partial charge in [0, 0.05) is 17.5 Å². The smallest absolute Gasteiger partial charge is 0.336 e. The van der Waals surface area contributed by atoms with Gasteiger partial charge in [-0.15, -0.1) is 0 Å². The summed E-state index contributed by atoms with van der Waals surface area (Å²) in [6, 6.07) is 5.83. The molecule has 1 aromatic heterocycles. The number of aliphatic hydroxyl groups is 10. The first-order chi connectivity index (χ1) is 21.9. The van der Waals surface area contributed by atoms with E-state index in [1.807, 2.05) is 0 Å². The maximum Gasteiger partial charge on any atom is 0.336 e. The summed E-state index contributed by atoms with van der Waals surface area (Å²) in [4.78, 5) is 11.8. The molecule has 3 fully saturated rings. The van der Waals surface area contributed by atoms with Crippen molar-refractivity contribution >= 4 is 11.0 Å². The normalized spacial score (nSPS) is 41.8. The molecular weight excluding hydrogens is 624 g/mol. The van der Waals surface area contributed by atoms with Crippen LogP contribution in [0, 0.1) is 6.92 Å². The molecule has 0 radical (unpaired) electrons. The molecule has 4 heterocycles. The highest BCUT2D eigenvalue weighted by Crippen LogP contribution is 2.33. The molecule has 2 aromatic rings. The zero-order chi connectivity index (χ0) is 33.4. The molecule has 258 valence electrons. The van der Waals surface area contributed by atoms with Crippen molar-refractivity contribution in [3.63, 3.8) is 0 Å². The van der Waals surface area contributed by atoms with Crippen molar-refractivity contribution in [1.29, 1.82) is 0 Å². The summed E-state index contributed by atoms with van der Waals surface area (Å²) >= 11 is 0. The average molecular weight is 663 g/mol. The number of benzene rings is 1. The molecule has 0 spiro atoms. The number of rotatable bonds is 9. The van der Waals surface area contributed by atoms with Crippen molar-refractivity contribution in [1.82, 2.24) is 0 Å². The number of hydrogen-bond donors (Lipinski definition) is 10. The summed E-state index contributed by atoms with van der Waals surface area (Å²) in [6.45, 7) is -0.662. The largest absolute Gasteiger partial charge is 0.462 e. The third kappa shape index (κ3) is 6.79. The lowest BCUT2D eigenvalue weighted by Crippen LogP contribution is -2.66. The molecule has 15 atom stereocenters. The Bertz CT molecular complexity index is 1370. The highest BCUT2D eigenvalue weighted by atomic mass is 16.8. The third-order valence-electron chi connectivity index (χ3n) is 8.25. The Hall–Kier alpha value is -2.37. The lowest BCUT2D eigenvalue weighted by Gasteiger charge is -2.48. The maximum absolute atomic E-state index is 11.8. The molecule has 1 aromatic carbocycles. The first-order valence-electron chi connectivity index (χ1n) is 14.5. The van der Waals surface area contributed by atoms with Crippen molar-refractivity contribution in [3.8, 4) is 5.75 Å². The predicted molar refractivity (Wildman–Crippen MR) is 147 cm³/mol. The lowest BCUT2D eigenvalue weighted by atomic mass is 9.96. The van der Waals surface area contributed by atoms with E-state index in [1.54, 1.807) is 13.0 Å². The fraction of sp³-hybridized carbons (Fsp3) is 0.679. The van der Waals surface area contributed by atoms with E-state index in [4.69, 9.17) is 32.8 Å². The molecule has 3 aliphatic rings. The summed E-state index contributed by atoms with van der Waals surface area (Å²) in [5.41, 5.74) is 0.275. The first-order valence-corrected chi connectivity index (χ1v) is 14.5. The predicted octanol–water partition coefficient (Wildman–Crippen LogP) is -5.07. The number of fused-ring (bicyclic) bond motifs is 1. The molecule has 3 saturated heterocycles. The number of aryl methyl sites for hydroxylation is 1. The van der Waals surface area contributed by atoms with Gasteiger partial charge in [-0.1, -0.05) is 0 Å². The second-order valence-corrected chi connectivity index (χ2v) is 11.3. The molecule has 46 heavy (non-hydrogen) atoms. The Kier molecular flexibility index (Phi) is 10.9. The highest BCUT2D eigenvalue weighted by Gasteiger charge is 2.53. The van der Waals surface area contributed by atoms with Crippen molar-refractivity contribution < 1.29 is 83.9 Å².